The summed E-state index contributed by atoms with van der Waals surface area (Å²) < 4.78 is 1.05. The molecule has 0 aliphatic carbocycles. The predicted octanol–water partition coefficient (Wildman–Crippen LogP) is 3.97. The Balaban J connectivity index is 2.88. The van der Waals surface area contributed by atoms with Crippen molar-refractivity contribution in [3.05, 3.63) is 22.3 Å². The highest BCUT2D eigenvalue weighted by molar-refractivity contribution is 9.10. The lowest BCUT2D eigenvalue weighted by atomic mass is 10.2. The molecule has 3 nitrogen and oxygen atoms in total. The predicted molar refractivity (Wildman–Crippen MR) is 86.7 cm³/mol. The largest absolute Gasteiger partial charge is 0.356 e. The van der Waals surface area contributed by atoms with Crippen molar-refractivity contribution in [2.75, 3.05) is 24.5 Å². The van der Waals surface area contributed by atoms with E-state index in [2.05, 4.69) is 58.0 Å². The molecule has 0 radical (unpaired) electrons. The molecule has 1 rings (SSSR count). The van der Waals surface area contributed by atoms with Crippen molar-refractivity contribution in [1.29, 1.82) is 0 Å². The second kappa shape index (κ2) is 9.32. The molecule has 19 heavy (non-hydrogen) atoms. The average molecular weight is 328 g/mol. The summed E-state index contributed by atoms with van der Waals surface area (Å²) in [6.07, 6.45) is 5.36. The first-order chi connectivity index (χ1) is 9.22. The smallest absolute Gasteiger partial charge is 0.133 e. The minimum atomic E-state index is 0.888. The van der Waals surface area contributed by atoms with Crippen LogP contribution in [0.4, 0.5) is 5.82 Å². The monoisotopic (exact) mass is 327 g/mol. The lowest BCUT2D eigenvalue weighted by molar-refractivity contribution is 0.664. The highest BCUT2D eigenvalue weighted by Gasteiger charge is 2.12. The number of hydrogen-bond donors (Lipinski definition) is 1. The fourth-order valence-corrected chi connectivity index (χ4v) is 2.53. The zero-order valence-electron chi connectivity index (χ0n) is 12.4. The van der Waals surface area contributed by atoms with Gasteiger partial charge in [0, 0.05) is 35.9 Å². The lowest BCUT2D eigenvalue weighted by Crippen LogP contribution is -2.28. The maximum atomic E-state index is 4.63. The fraction of sp³-hybridized carbons (Fsp3) is 0.667. The molecule has 0 spiro atoms. The van der Waals surface area contributed by atoms with Crippen LogP contribution < -0.4 is 10.2 Å². The molecule has 0 aliphatic heterocycles. The van der Waals surface area contributed by atoms with Crippen LogP contribution in [0.15, 0.2) is 16.7 Å². The normalized spacial score (nSPS) is 10.7. The summed E-state index contributed by atoms with van der Waals surface area (Å²) in [7, 11) is 0. The molecule has 0 aromatic carbocycles. The van der Waals surface area contributed by atoms with Gasteiger partial charge in [-0.15, -0.1) is 0 Å². The summed E-state index contributed by atoms with van der Waals surface area (Å²) in [5.74, 6) is 1.13. The number of hydrogen-bond acceptors (Lipinski definition) is 3. The van der Waals surface area contributed by atoms with Gasteiger partial charge in [-0.1, -0.05) is 20.8 Å². The first-order valence-electron chi connectivity index (χ1n) is 7.32. The molecule has 0 fully saturated rings. The zero-order chi connectivity index (χ0) is 14.1. The second-order valence-electron chi connectivity index (χ2n) is 4.80. The summed E-state index contributed by atoms with van der Waals surface area (Å²) in [4.78, 5) is 7.03. The van der Waals surface area contributed by atoms with E-state index < -0.39 is 0 Å². The van der Waals surface area contributed by atoms with Crippen LogP contribution in [0.5, 0.6) is 0 Å². The van der Waals surface area contributed by atoms with E-state index in [1.54, 1.807) is 0 Å². The van der Waals surface area contributed by atoms with Gasteiger partial charge in [-0.3, -0.25) is 0 Å². The van der Waals surface area contributed by atoms with Gasteiger partial charge in [0.1, 0.15) is 5.82 Å². The molecule has 4 heteroatoms. The molecule has 1 aromatic rings. The summed E-state index contributed by atoms with van der Waals surface area (Å²) in [5, 5.41) is 3.47. The molecule has 0 atom stereocenters. The Hall–Kier alpha value is -0.610. The highest BCUT2D eigenvalue weighted by atomic mass is 79.9. The summed E-state index contributed by atoms with van der Waals surface area (Å²) in [6.45, 7) is 10.7. The van der Waals surface area contributed by atoms with Gasteiger partial charge in [0.2, 0.25) is 0 Å². The van der Waals surface area contributed by atoms with Crippen molar-refractivity contribution >= 4 is 21.7 Å². The third kappa shape index (κ3) is 5.49. The second-order valence-corrected chi connectivity index (χ2v) is 5.72. The van der Waals surface area contributed by atoms with Gasteiger partial charge in [-0.25, -0.2) is 4.98 Å². The molecule has 0 bridgehead atoms. The number of nitrogens with zero attached hydrogens (tertiary/aromatic N) is 2. The Morgan fingerprint density at radius 1 is 1.16 bits per heavy atom. The molecule has 1 N–H and O–H groups in total. The molecule has 0 amide bonds. The van der Waals surface area contributed by atoms with Crippen LogP contribution in [0.2, 0.25) is 0 Å². The SMILES string of the molecule is CCCNCc1cc(Br)cnc1N(CCC)CCC. The summed E-state index contributed by atoms with van der Waals surface area (Å²) >= 11 is 3.52. The number of anilines is 1. The number of nitrogens with one attached hydrogen (secondary N) is 1. The van der Waals surface area contributed by atoms with Crippen molar-refractivity contribution in [3.8, 4) is 0 Å². The van der Waals surface area contributed by atoms with E-state index in [1.807, 2.05) is 6.20 Å². The minimum Gasteiger partial charge on any atom is -0.356 e. The van der Waals surface area contributed by atoms with E-state index >= 15 is 0 Å². The Bertz CT molecular complexity index is 362. The highest BCUT2D eigenvalue weighted by Crippen LogP contribution is 2.22. The van der Waals surface area contributed by atoms with E-state index in [-0.39, 0.29) is 0 Å². The van der Waals surface area contributed by atoms with Crippen LogP contribution in [0.25, 0.3) is 0 Å². The Morgan fingerprint density at radius 2 is 1.84 bits per heavy atom. The van der Waals surface area contributed by atoms with Crippen LogP contribution in [0.3, 0.4) is 0 Å². The van der Waals surface area contributed by atoms with Crippen LogP contribution >= 0.6 is 15.9 Å². The van der Waals surface area contributed by atoms with E-state index in [4.69, 9.17) is 0 Å². The van der Waals surface area contributed by atoms with Crippen LogP contribution in [0.1, 0.15) is 45.6 Å². The van der Waals surface area contributed by atoms with Crippen molar-refractivity contribution < 1.29 is 0 Å². The van der Waals surface area contributed by atoms with E-state index in [9.17, 15) is 0 Å². The maximum Gasteiger partial charge on any atom is 0.133 e. The van der Waals surface area contributed by atoms with Gasteiger partial charge in [0.05, 0.1) is 0 Å². The molecule has 0 saturated heterocycles. The van der Waals surface area contributed by atoms with Crippen molar-refractivity contribution in [1.82, 2.24) is 10.3 Å². The van der Waals surface area contributed by atoms with Crippen LogP contribution in [-0.4, -0.2) is 24.6 Å². The molecule has 1 heterocycles. The van der Waals surface area contributed by atoms with Crippen LogP contribution in [-0.2, 0) is 6.54 Å². The van der Waals surface area contributed by atoms with E-state index in [1.165, 1.54) is 5.56 Å². The standard InChI is InChI=1S/C15H26BrN3/c1-4-7-17-11-13-10-14(16)12-18-15(13)19(8-5-2)9-6-3/h10,12,17H,4-9,11H2,1-3H3. The quantitative estimate of drug-likeness (QED) is 0.695. The summed E-state index contributed by atoms with van der Waals surface area (Å²) in [5.41, 5.74) is 1.28. The van der Waals surface area contributed by atoms with Gasteiger partial charge in [-0.2, -0.15) is 0 Å². The number of aromatic nitrogens is 1. The molecule has 0 saturated carbocycles. The van der Waals surface area contributed by atoms with Gasteiger partial charge in [-0.05, 0) is 47.8 Å². The van der Waals surface area contributed by atoms with Gasteiger partial charge in [0.25, 0.3) is 0 Å². The Kier molecular flexibility index (Phi) is 8.07. The number of rotatable bonds is 9. The topological polar surface area (TPSA) is 28.2 Å². The van der Waals surface area contributed by atoms with Crippen molar-refractivity contribution in [2.24, 2.45) is 0 Å². The van der Waals surface area contributed by atoms with Crippen LogP contribution in [0, 0.1) is 0 Å². The first kappa shape index (κ1) is 16.4. The third-order valence-electron chi connectivity index (χ3n) is 2.94. The zero-order valence-corrected chi connectivity index (χ0v) is 14.0. The molecular weight excluding hydrogens is 302 g/mol. The van der Waals surface area contributed by atoms with E-state index in [0.29, 0.717) is 0 Å². The molecule has 1 aromatic heterocycles. The number of halogens is 1. The lowest BCUT2D eigenvalue weighted by Gasteiger charge is -2.25. The van der Waals surface area contributed by atoms with Gasteiger partial charge in [0.15, 0.2) is 0 Å². The number of pyridine rings is 1. The van der Waals surface area contributed by atoms with Crippen molar-refractivity contribution in [2.45, 2.75) is 46.6 Å². The molecule has 108 valence electrons. The van der Waals surface area contributed by atoms with E-state index in [0.717, 1.165) is 55.7 Å². The van der Waals surface area contributed by atoms with Gasteiger partial charge < -0.3 is 10.2 Å². The fourth-order valence-electron chi connectivity index (χ4n) is 2.15. The summed E-state index contributed by atoms with van der Waals surface area (Å²) in [6, 6.07) is 2.18. The third-order valence-corrected chi connectivity index (χ3v) is 3.37. The van der Waals surface area contributed by atoms with Gasteiger partial charge >= 0.3 is 0 Å². The molecular formula is C15H26BrN3. The Morgan fingerprint density at radius 3 is 2.42 bits per heavy atom. The minimum absolute atomic E-state index is 0.888. The molecule has 0 unspecified atom stereocenters. The van der Waals surface area contributed by atoms with Crippen molar-refractivity contribution in [3.63, 3.8) is 0 Å². The first-order valence-corrected chi connectivity index (χ1v) is 8.12. The molecule has 0 aliphatic rings. The maximum absolute atomic E-state index is 4.63. The Labute approximate surface area is 125 Å². The average Bonchev–Trinajstić information content (AvgIpc) is 2.39.